The van der Waals surface area contributed by atoms with E-state index < -0.39 is 22.0 Å². The van der Waals surface area contributed by atoms with Crippen LogP contribution in [0.1, 0.15) is 11.1 Å². The van der Waals surface area contributed by atoms with Crippen molar-refractivity contribution in [2.45, 2.75) is 4.90 Å². The molecule has 4 aromatic rings. The van der Waals surface area contributed by atoms with E-state index in [1.807, 2.05) is 18.2 Å². The maximum absolute atomic E-state index is 12.9. The predicted molar refractivity (Wildman–Crippen MR) is 147 cm³/mol. The standard InChI is InChI=1S/C28H14Cl3NO6S/c29-19-12-21(31)24(13-20(19)30)39(35,36)32-16-8-6-15(7-9-16)26-18-11-22-17(10-23(18)38-28(26)34)25(27(33)37-22)14-4-2-1-3-5-14/h1-13,32H. The van der Waals surface area contributed by atoms with Crippen LogP contribution in [0, 0.1) is 0 Å². The third-order valence-corrected chi connectivity index (χ3v) is 8.75. The van der Waals surface area contributed by atoms with Crippen molar-refractivity contribution in [3.05, 3.63) is 115 Å². The van der Waals surface area contributed by atoms with Crippen molar-refractivity contribution in [2.75, 3.05) is 4.72 Å². The van der Waals surface area contributed by atoms with E-state index in [2.05, 4.69) is 4.72 Å². The number of benzene rings is 4. The summed E-state index contributed by atoms with van der Waals surface area (Å²) >= 11 is 17.9. The van der Waals surface area contributed by atoms with Crippen LogP contribution in [0.4, 0.5) is 5.69 Å². The molecule has 6 rings (SSSR count). The van der Waals surface area contributed by atoms with Crippen LogP contribution >= 0.6 is 34.8 Å². The lowest BCUT2D eigenvalue weighted by Gasteiger charge is -2.11. The van der Waals surface area contributed by atoms with Crippen molar-refractivity contribution < 1.29 is 27.5 Å². The Hall–Kier alpha value is -3.82. The molecule has 0 unspecified atom stereocenters. The molecule has 2 heterocycles. The Bertz CT molecular complexity index is 1960. The molecule has 0 radical (unpaired) electrons. The van der Waals surface area contributed by atoms with Gasteiger partial charge in [-0.1, -0.05) is 77.3 Å². The van der Waals surface area contributed by atoms with Gasteiger partial charge in [-0.2, -0.15) is 0 Å². The second-order valence-corrected chi connectivity index (χ2v) is 11.5. The summed E-state index contributed by atoms with van der Waals surface area (Å²) < 4.78 is 39.2. The SMILES string of the molecule is O=C1Oc2cc3c(cc2=C1c1ccccc1)OC(=O)C=3c1ccc(NS(=O)(=O)c2cc(Cl)c(Cl)cc2Cl)cc1. The molecule has 2 aliphatic heterocycles. The maximum atomic E-state index is 12.9. The lowest BCUT2D eigenvalue weighted by atomic mass is 10.0. The molecule has 0 saturated carbocycles. The number of hydrogen-bond donors (Lipinski definition) is 1. The molecule has 0 fully saturated rings. The second kappa shape index (κ2) is 9.43. The van der Waals surface area contributed by atoms with Crippen LogP contribution in [0.2, 0.25) is 15.1 Å². The Kier molecular flexibility index (Phi) is 6.15. The van der Waals surface area contributed by atoms with Crippen molar-refractivity contribution in [3.8, 4) is 11.5 Å². The van der Waals surface area contributed by atoms with Gasteiger partial charge in [0.25, 0.3) is 10.0 Å². The fourth-order valence-corrected chi connectivity index (χ4v) is 6.48. The third-order valence-electron chi connectivity index (χ3n) is 6.19. The number of carbonyl (C=O) groups is 2. The van der Waals surface area contributed by atoms with E-state index in [4.69, 9.17) is 44.3 Å². The highest BCUT2D eigenvalue weighted by molar-refractivity contribution is 7.92. The monoisotopic (exact) mass is 597 g/mol. The first-order chi connectivity index (χ1) is 18.6. The van der Waals surface area contributed by atoms with Crippen LogP contribution < -0.4 is 24.6 Å². The summed E-state index contributed by atoms with van der Waals surface area (Å²) in [7, 11) is -4.09. The van der Waals surface area contributed by atoms with Gasteiger partial charge in [-0.05, 0) is 47.5 Å². The molecule has 7 nitrogen and oxygen atoms in total. The third kappa shape index (κ3) is 4.45. The average Bonchev–Trinajstić information content (AvgIpc) is 3.39. The van der Waals surface area contributed by atoms with Crippen molar-refractivity contribution in [1.29, 1.82) is 0 Å². The normalized spacial score (nSPS) is 14.1. The maximum Gasteiger partial charge on any atom is 0.344 e. The highest BCUT2D eigenvalue weighted by Crippen LogP contribution is 2.33. The number of rotatable bonds is 5. The molecule has 0 amide bonds. The minimum atomic E-state index is -4.09. The number of ether oxygens (including phenoxy) is 2. The molecule has 0 aromatic heterocycles. The van der Waals surface area contributed by atoms with Crippen LogP contribution in [0.5, 0.6) is 11.5 Å². The number of sulfonamides is 1. The minimum Gasteiger partial charge on any atom is -0.422 e. The number of halogens is 3. The van der Waals surface area contributed by atoms with Crippen molar-refractivity contribution in [2.24, 2.45) is 0 Å². The van der Waals surface area contributed by atoms with Gasteiger partial charge in [-0.3, -0.25) is 4.72 Å². The molecule has 39 heavy (non-hydrogen) atoms. The summed E-state index contributed by atoms with van der Waals surface area (Å²) in [6.45, 7) is 0. The number of nitrogens with one attached hydrogen (secondary N) is 1. The Morgan fingerprint density at radius 2 is 1.13 bits per heavy atom. The fraction of sp³-hybridized carbons (Fsp3) is 0. The topological polar surface area (TPSA) is 98.8 Å². The molecule has 0 atom stereocenters. The second-order valence-electron chi connectivity index (χ2n) is 8.62. The molecule has 194 valence electrons. The first kappa shape index (κ1) is 25.5. The van der Waals surface area contributed by atoms with Gasteiger partial charge in [0.05, 0.1) is 26.2 Å². The van der Waals surface area contributed by atoms with Gasteiger partial charge in [-0.15, -0.1) is 0 Å². The molecular weight excluding hydrogens is 585 g/mol. The first-order valence-corrected chi connectivity index (χ1v) is 13.9. The van der Waals surface area contributed by atoms with Crippen molar-refractivity contribution >= 4 is 73.6 Å². The molecule has 0 saturated heterocycles. The van der Waals surface area contributed by atoms with Crippen LogP contribution in [0.15, 0.2) is 83.8 Å². The van der Waals surface area contributed by atoms with E-state index in [1.54, 1.807) is 36.4 Å². The Labute approximate surface area is 236 Å². The Morgan fingerprint density at radius 3 is 1.69 bits per heavy atom. The molecule has 4 aromatic carbocycles. The molecule has 2 aliphatic rings. The van der Waals surface area contributed by atoms with E-state index >= 15 is 0 Å². The van der Waals surface area contributed by atoms with Crippen molar-refractivity contribution in [1.82, 2.24) is 0 Å². The smallest absolute Gasteiger partial charge is 0.344 e. The molecule has 1 N–H and O–H groups in total. The van der Waals surface area contributed by atoms with E-state index in [0.29, 0.717) is 38.6 Å². The van der Waals surface area contributed by atoms with E-state index in [9.17, 15) is 18.0 Å². The van der Waals surface area contributed by atoms with E-state index in [0.717, 1.165) is 6.07 Å². The highest BCUT2D eigenvalue weighted by Gasteiger charge is 2.30. The summed E-state index contributed by atoms with van der Waals surface area (Å²) in [5.74, 6) is -0.473. The van der Waals surface area contributed by atoms with Crippen molar-refractivity contribution in [3.63, 3.8) is 0 Å². The van der Waals surface area contributed by atoms with Crippen LogP contribution in [0.25, 0.3) is 11.1 Å². The number of carbonyl (C=O) groups excluding carboxylic acids is 2. The van der Waals surface area contributed by atoms with Crippen LogP contribution in [-0.2, 0) is 19.6 Å². The zero-order valence-corrected chi connectivity index (χ0v) is 22.6. The summed E-state index contributed by atoms with van der Waals surface area (Å²) in [6.07, 6.45) is 0. The number of fused-ring (bicyclic) bond motifs is 2. The van der Waals surface area contributed by atoms with Gasteiger partial charge in [0.1, 0.15) is 16.4 Å². The van der Waals surface area contributed by atoms with Crippen LogP contribution in [0.3, 0.4) is 0 Å². The number of esters is 2. The average molecular weight is 599 g/mol. The lowest BCUT2D eigenvalue weighted by molar-refractivity contribution is -0.128. The molecule has 0 aliphatic carbocycles. The lowest BCUT2D eigenvalue weighted by Crippen LogP contribution is -2.14. The molecular formula is C28H14Cl3NO6S. The van der Waals surface area contributed by atoms with Gasteiger partial charge in [-0.25, -0.2) is 18.0 Å². The zero-order chi connectivity index (χ0) is 27.5. The predicted octanol–water partition coefficient (Wildman–Crippen LogP) is 4.68. The van der Waals surface area contributed by atoms with Gasteiger partial charge in [0.2, 0.25) is 0 Å². The Balaban J connectivity index is 1.37. The van der Waals surface area contributed by atoms with Gasteiger partial charge >= 0.3 is 11.9 Å². The largest absolute Gasteiger partial charge is 0.422 e. The molecule has 11 heteroatoms. The quantitative estimate of drug-likeness (QED) is 0.203. The number of anilines is 1. The highest BCUT2D eigenvalue weighted by atomic mass is 35.5. The van der Waals surface area contributed by atoms with Crippen LogP contribution in [-0.4, -0.2) is 20.4 Å². The summed E-state index contributed by atoms with van der Waals surface area (Å²) in [6, 6.07) is 20.8. The summed E-state index contributed by atoms with van der Waals surface area (Å²) in [5, 5.41) is 1.06. The molecule has 0 bridgehead atoms. The fourth-order valence-electron chi connectivity index (χ4n) is 4.42. The van der Waals surface area contributed by atoms with Gasteiger partial charge < -0.3 is 9.47 Å². The minimum absolute atomic E-state index is 0.0391. The zero-order valence-electron chi connectivity index (χ0n) is 19.5. The van der Waals surface area contributed by atoms with E-state index in [1.165, 1.54) is 18.2 Å². The van der Waals surface area contributed by atoms with Gasteiger partial charge in [0, 0.05) is 16.1 Å². The number of hydrogen-bond acceptors (Lipinski definition) is 6. The summed E-state index contributed by atoms with van der Waals surface area (Å²) in [4.78, 5) is 25.2. The molecule has 0 spiro atoms. The first-order valence-electron chi connectivity index (χ1n) is 11.3. The van der Waals surface area contributed by atoms with E-state index in [-0.39, 0.29) is 31.2 Å². The van der Waals surface area contributed by atoms with Gasteiger partial charge in [0.15, 0.2) is 0 Å². The summed E-state index contributed by atoms with van der Waals surface area (Å²) in [5.41, 5.74) is 2.02. The Morgan fingerprint density at radius 1 is 0.615 bits per heavy atom.